The number of hydrogen-bond donors (Lipinski definition) is 1. The van der Waals surface area contributed by atoms with Gasteiger partial charge in [-0.1, -0.05) is 0 Å². The van der Waals surface area contributed by atoms with Crippen molar-refractivity contribution in [1.29, 1.82) is 0 Å². The predicted octanol–water partition coefficient (Wildman–Crippen LogP) is 1.50. The number of amides is 3. The molecule has 1 atom stereocenters. The number of furan rings is 1. The highest BCUT2D eigenvalue weighted by Crippen LogP contribution is 2.41. The smallest absolute Gasteiger partial charge is 0.317 e. The molecule has 0 radical (unpaired) electrons. The zero-order chi connectivity index (χ0) is 21.8. The molecule has 0 saturated carbocycles. The van der Waals surface area contributed by atoms with Crippen molar-refractivity contribution in [2.75, 3.05) is 19.6 Å². The number of carbonyl (C=O) groups is 2. The molecular weight excluding hydrogens is 398 g/mol. The molecule has 5 rings (SSSR count). The van der Waals surface area contributed by atoms with Gasteiger partial charge in [0.2, 0.25) is 0 Å². The Morgan fingerprint density at radius 1 is 1.19 bits per heavy atom. The second-order valence-corrected chi connectivity index (χ2v) is 9.11. The molecule has 3 aliphatic heterocycles. The molecule has 2 aromatic rings. The molecule has 0 bridgehead atoms. The fourth-order valence-corrected chi connectivity index (χ4v) is 5.08. The van der Waals surface area contributed by atoms with E-state index in [9.17, 15) is 14.4 Å². The molecule has 1 N–H and O–H groups in total. The summed E-state index contributed by atoms with van der Waals surface area (Å²) < 4.78 is 6.79. The summed E-state index contributed by atoms with van der Waals surface area (Å²) in [5, 5.41) is 2.96. The number of nitrogens with one attached hydrogen (secondary N) is 1. The van der Waals surface area contributed by atoms with Gasteiger partial charge in [-0.3, -0.25) is 14.2 Å². The number of fused-ring (bicyclic) bond motifs is 3. The fraction of sp³-hybridized carbons (Fsp3) is 0.545. The highest BCUT2D eigenvalue weighted by Gasteiger charge is 2.48. The van der Waals surface area contributed by atoms with Crippen LogP contribution in [0.4, 0.5) is 4.79 Å². The van der Waals surface area contributed by atoms with Gasteiger partial charge in [-0.05, 0) is 32.8 Å². The third kappa shape index (κ3) is 3.23. The van der Waals surface area contributed by atoms with Crippen LogP contribution in [0.25, 0.3) is 0 Å². The minimum atomic E-state index is -0.258. The third-order valence-corrected chi connectivity index (χ3v) is 6.71. The molecule has 9 nitrogen and oxygen atoms in total. The maximum atomic E-state index is 13.3. The van der Waals surface area contributed by atoms with Crippen molar-refractivity contribution in [2.24, 2.45) is 0 Å². The van der Waals surface area contributed by atoms with Crippen molar-refractivity contribution >= 4 is 11.9 Å². The van der Waals surface area contributed by atoms with Crippen molar-refractivity contribution in [3.05, 3.63) is 51.6 Å². The Bertz CT molecular complexity index is 1090. The van der Waals surface area contributed by atoms with E-state index in [1.54, 1.807) is 15.5 Å². The summed E-state index contributed by atoms with van der Waals surface area (Å²) in [5.74, 6) is 0.675. The van der Waals surface area contributed by atoms with Crippen LogP contribution >= 0.6 is 0 Å². The zero-order valence-electron chi connectivity index (χ0n) is 17.9. The maximum absolute atomic E-state index is 13.3. The van der Waals surface area contributed by atoms with Crippen LogP contribution in [0.2, 0.25) is 0 Å². The number of aromatic nitrogens is 2. The van der Waals surface area contributed by atoms with Gasteiger partial charge in [0.25, 0.3) is 11.5 Å². The van der Waals surface area contributed by atoms with Gasteiger partial charge in [-0.15, -0.1) is 0 Å². The molecular formula is C22H27N5O4. The summed E-state index contributed by atoms with van der Waals surface area (Å²) in [6, 6.07) is 1.66. The molecule has 31 heavy (non-hydrogen) atoms. The van der Waals surface area contributed by atoms with Crippen LogP contribution in [0.3, 0.4) is 0 Å². The lowest BCUT2D eigenvalue weighted by atomic mass is 9.85. The molecule has 9 heteroatoms. The standard InChI is InChI=1S/C22H27N5O4/c1-14(2)23-21(30)26-8-5-22(13-26)6-9-27-19(29)16-11-25(7-3-17(16)24-20(22)27)18(28)15-4-10-31-12-15/h4,10,12,14H,3,5-9,11,13H2,1-2H3,(H,23,30)/t22-/m1/s1. The minimum absolute atomic E-state index is 0.0494. The summed E-state index contributed by atoms with van der Waals surface area (Å²) in [4.78, 5) is 47.0. The molecule has 5 heterocycles. The Hall–Kier alpha value is -3.10. The van der Waals surface area contributed by atoms with E-state index >= 15 is 0 Å². The van der Waals surface area contributed by atoms with Crippen molar-refractivity contribution < 1.29 is 14.0 Å². The molecule has 1 fully saturated rings. The lowest BCUT2D eigenvalue weighted by molar-refractivity contribution is 0.0731. The number of likely N-dealkylation sites (tertiary alicyclic amines) is 1. The first-order chi connectivity index (χ1) is 14.9. The second kappa shape index (κ2) is 7.25. The van der Waals surface area contributed by atoms with Crippen molar-refractivity contribution in [1.82, 2.24) is 24.7 Å². The average molecular weight is 425 g/mol. The van der Waals surface area contributed by atoms with E-state index in [-0.39, 0.29) is 35.5 Å². The summed E-state index contributed by atoms with van der Waals surface area (Å²) in [7, 11) is 0. The Morgan fingerprint density at radius 2 is 2.00 bits per heavy atom. The topological polar surface area (TPSA) is 101 Å². The predicted molar refractivity (Wildman–Crippen MR) is 112 cm³/mol. The van der Waals surface area contributed by atoms with E-state index < -0.39 is 0 Å². The lowest BCUT2D eigenvalue weighted by Crippen LogP contribution is -2.44. The van der Waals surface area contributed by atoms with Gasteiger partial charge < -0.3 is 19.5 Å². The van der Waals surface area contributed by atoms with E-state index in [2.05, 4.69) is 5.32 Å². The summed E-state index contributed by atoms with van der Waals surface area (Å²) >= 11 is 0. The van der Waals surface area contributed by atoms with Crippen LogP contribution in [0.5, 0.6) is 0 Å². The Balaban J connectivity index is 1.41. The molecule has 0 aliphatic carbocycles. The molecule has 0 aromatic carbocycles. The van der Waals surface area contributed by atoms with Crippen molar-refractivity contribution in [3.63, 3.8) is 0 Å². The third-order valence-electron chi connectivity index (χ3n) is 6.71. The summed E-state index contributed by atoms with van der Waals surface area (Å²) in [6.07, 6.45) is 5.07. The van der Waals surface area contributed by atoms with Gasteiger partial charge >= 0.3 is 6.03 Å². The largest absolute Gasteiger partial charge is 0.472 e. The molecule has 2 aromatic heterocycles. The first kappa shape index (κ1) is 19.8. The number of rotatable bonds is 2. The molecule has 3 amide bonds. The first-order valence-electron chi connectivity index (χ1n) is 10.9. The fourth-order valence-electron chi connectivity index (χ4n) is 5.08. The van der Waals surface area contributed by atoms with E-state index in [1.807, 2.05) is 18.7 Å². The van der Waals surface area contributed by atoms with Gasteiger partial charge in [0.15, 0.2) is 0 Å². The van der Waals surface area contributed by atoms with Gasteiger partial charge in [0.1, 0.15) is 12.1 Å². The monoisotopic (exact) mass is 425 g/mol. The first-order valence-corrected chi connectivity index (χ1v) is 10.9. The Kier molecular flexibility index (Phi) is 4.64. The Labute approximate surface area is 180 Å². The van der Waals surface area contributed by atoms with Crippen LogP contribution in [-0.2, 0) is 24.9 Å². The van der Waals surface area contributed by atoms with Gasteiger partial charge in [-0.25, -0.2) is 9.78 Å². The van der Waals surface area contributed by atoms with E-state index in [4.69, 9.17) is 9.40 Å². The van der Waals surface area contributed by atoms with Gasteiger partial charge in [-0.2, -0.15) is 0 Å². The molecule has 3 aliphatic rings. The molecule has 1 saturated heterocycles. The molecule has 0 unspecified atom stereocenters. The van der Waals surface area contributed by atoms with Crippen molar-refractivity contribution in [2.45, 2.75) is 57.7 Å². The van der Waals surface area contributed by atoms with Crippen LogP contribution in [0, 0.1) is 0 Å². The summed E-state index contributed by atoms with van der Waals surface area (Å²) in [5.41, 5.74) is 1.58. The lowest BCUT2D eigenvalue weighted by Gasteiger charge is -2.29. The summed E-state index contributed by atoms with van der Waals surface area (Å²) in [6.45, 7) is 6.53. The quantitative estimate of drug-likeness (QED) is 0.786. The van der Waals surface area contributed by atoms with Gasteiger partial charge in [0.05, 0.1) is 29.6 Å². The van der Waals surface area contributed by atoms with E-state index in [0.717, 1.165) is 24.4 Å². The SMILES string of the molecule is CC(C)NC(=O)N1CC[C@@]2(CCn3c2nc2c(c3=O)CN(C(=O)c3ccoc3)CC2)C1. The van der Waals surface area contributed by atoms with Crippen molar-refractivity contribution in [3.8, 4) is 0 Å². The number of urea groups is 1. The van der Waals surface area contributed by atoms with Crippen LogP contribution < -0.4 is 10.9 Å². The molecule has 164 valence electrons. The van der Waals surface area contributed by atoms with Gasteiger partial charge in [0, 0.05) is 44.1 Å². The van der Waals surface area contributed by atoms with E-state index in [1.165, 1.54) is 12.5 Å². The number of hydrogen-bond acceptors (Lipinski definition) is 5. The van der Waals surface area contributed by atoms with Crippen LogP contribution in [-0.4, -0.2) is 57.0 Å². The highest BCUT2D eigenvalue weighted by atomic mass is 16.3. The minimum Gasteiger partial charge on any atom is -0.472 e. The van der Waals surface area contributed by atoms with Crippen LogP contribution in [0.15, 0.2) is 27.8 Å². The maximum Gasteiger partial charge on any atom is 0.317 e. The average Bonchev–Trinajstić information content (AvgIpc) is 3.49. The number of nitrogens with zero attached hydrogens (tertiary/aromatic N) is 4. The Morgan fingerprint density at radius 3 is 2.74 bits per heavy atom. The zero-order valence-corrected chi connectivity index (χ0v) is 17.9. The number of carbonyl (C=O) groups excluding carboxylic acids is 2. The molecule has 1 spiro atoms. The normalized spacial score (nSPS) is 22.2. The van der Waals surface area contributed by atoms with E-state index in [0.29, 0.717) is 43.7 Å². The van der Waals surface area contributed by atoms with Crippen LogP contribution in [0.1, 0.15) is 54.1 Å². The highest BCUT2D eigenvalue weighted by molar-refractivity contribution is 5.93. The second-order valence-electron chi connectivity index (χ2n) is 9.11.